The third kappa shape index (κ3) is 5.29. The number of hydrazone groups is 1. The van der Waals surface area contributed by atoms with Gasteiger partial charge in [-0.1, -0.05) is 19.1 Å². The Bertz CT molecular complexity index is 1020. The van der Waals surface area contributed by atoms with Crippen LogP contribution in [0.1, 0.15) is 18.9 Å². The van der Waals surface area contributed by atoms with Crippen LogP contribution in [0.4, 0.5) is 10.8 Å². The van der Waals surface area contributed by atoms with Crippen LogP contribution in [0.3, 0.4) is 0 Å². The number of rotatable bonds is 9. The summed E-state index contributed by atoms with van der Waals surface area (Å²) in [5.41, 5.74) is 5.09. The summed E-state index contributed by atoms with van der Waals surface area (Å²) in [6.45, 7) is 2.37. The minimum atomic E-state index is -0.461. The average molecular weight is 412 g/mol. The third-order valence-electron chi connectivity index (χ3n) is 3.88. The van der Waals surface area contributed by atoms with Gasteiger partial charge in [-0.05, 0) is 30.7 Å². The number of thiazole rings is 1. The predicted molar refractivity (Wildman–Crippen MR) is 114 cm³/mol. The number of nitrogens with one attached hydrogen (secondary N) is 1. The van der Waals surface area contributed by atoms with Crippen molar-refractivity contribution in [1.82, 2.24) is 4.98 Å². The highest BCUT2D eigenvalue weighted by atomic mass is 32.1. The van der Waals surface area contributed by atoms with E-state index in [-0.39, 0.29) is 11.4 Å². The average Bonchev–Trinajstić information content (AvgIpc) is 3.21. The zero-order valence-electron chi connectivity index (χ0n) is 16.0. The molecular weight excluding hydrogens is 392 g/mol. The molecule has 0 saturated heterocycles. The van der Waals surface area contributed by atoms with Gasteiger partial charge in [0, 0.05) is 22.6 Å². The summed E-state index contributed by atoms with van der Waals surface area (Å²) >= 11 is 1.41. The molecule has 0 radical (unpaired) electrons. The largest absolute Gasteiger partial charge is 0.497 e. The molecule has 0 aliphatic carbocycles. The summed E-state index contributed by atoms with van der Waals surface area (Å²) < 4.78 is 10.7. The van der Waals surface area contributed by atoms with E-state index in [4.69, 9.17) is 9.47 Å². The van der Waals surface area contributed by atoms with Crippen molar-refractivity contribution in [3.63, 3.8) is 0 Å². The van der Waals surface area contributed by atoms with Crippen LogP contribution in [-0.2, 0) is 0 Å². The third-order valence-corrected chi connectivity index (χ3v) is 4.63. The molecule has 2 aromatic carbocycles. The lowest BCUT2D eigenvalue weighted by Crippen LogP contribution is -2.00. The zero-order valence-corrected chi connectivity index (χ0v) is 16.8. The van der Waals surface area contributed by atoms with Crippen molar-refractivity contribution in [3.05, 3.63) is 63.5 Å². The molecule has 0 spiro atoms. The number of nitro groups is 1. The number of methoxy groups -OCH3 is 1. The van der Waals surface area contributed by atoms with Crippen LogP contribution in [-0.4, -0.2) is 29.8 Å². The Kier molecular flexibility index (Phi) is 6.75. The first-order chi connectivity index (χ1) is 14.1. The smallest absolute Gasteiger partial charge is 0.311 e. The highest BCUT2D eigenvalue weighted by Gasteiger charge is 2.15. The van der Waals surface area contributed by atoms with E-state index in [0.717, 1.165) is 23.4 Å². The van der Waals surface area contributed by atoms with Crippen LogP contribution in [0.2, 0.25) is 0 Å². The maximum Gasteiger partial charge on any atom is 0.311 e. The highest BCUT2D eigenvalue weighted by molar-refractivity contribution is 7.14. The second-order valence-corrected chi connectivity index (χ2v) is 6.83. The first-order valence-corrected chi connectivity index (χ1v) is 9.79. The summed E-state index contributed by atoms with van der Waals surface area (Å²) in [4.78, 5) is 15.3. The number of ether oxygens (including phenoxy) is 2. The van der Waals surface area contributed by atoms with Crippen LogP contribution in [0, 0.1) is 10.1 Å². The van der Waals surface area contributed by atoms with Gasteiger partial charge in [0.05, 0.1) is 30.5 Å². The van der Waals surface area contributed by atoms with Crippen LogP contribution in [0.25, 0.3) is 11.3 Å². The molecular formula is C20H20N4O4S. The van der Waals surface area contributed by atoms with Gasteiger partial charge >= 0.3 is 5.69 Å². The van der Waals surface area contributed by atoms with Gasteiger partial charge in [-0.15, -0.1) is 11.3 Å². The maximum absolute atomic E-state index is 11.3. The molecule has 1 aromatic heterocycles. The summed E-state index contributed by atoms with van der Waals surface area (Å²) in [5.74, 6) is 1.01. The van der Waals surface area contributed by atoms with E-state index in [1.54, 1.807) is 19.2 Å². The van der Waals surface area contributed by atoms with Crippen molar-refractivity contribution in [3.8, 4) is 22.8 Å². The Morgan fingerprint density at radius 1 is 1.31 bits per heavy atom. The van der Waals surface area contributed by atoms with Crippen molar-refractivity contribution in [2.24, 2.45) is 5.10 Å². The van der Waals surface area contributed by atoms with Gasteiger partial charge in [-0.2, -0.15) is 5.10 Å². The molecule has 3 aromatic rings. The van der Waals surface area contributed by atoms with Gasteiger partial charge < -0.3 is 9.47 Å². The zero-order chi connectivity index (χ0) is 20.6. The monoisotopic (exact) mass is 412 g/mol. The molecule has 0 atom stereocenters. The molecule has 0 aliphatic rings. The summed E-state index contributed by atoms with van der Waals surface area (Å²) in [6, 6.07) is 12.4. The summed E-state index contributed by atoms with van der Waals surface area (Å²) in [5, 5.41) is 17.9. The quantitative estimate of drug-likeness (QED) is 0.303. The predicted octanol–water partition coefficient (Wildman–Crippen LogP) is 4.96. The Morgan fingerprint density at radius 2 is 2.17 bits per heavy atom. The standard InChI is InChI=1S/C20H20N4O4S/c1-3-9-28-19-8-7-14(10-18(19)24(25)26)12-21-23-20-22-17(13-29-20)15-5-4-6-16(11-15)27-2/h4-8,10-13H,3,9H2,1-2H3,(H,22,23)/b21-12-. The normalized spacial score (nSPS) is 10.8. The van der Waals surface area contributed by atoms with Gasteiger partial charge in [0.25, 0.3) is 0 Å². The number of hydrogen-bond donors (Lipinski definition) is 1. The molecule has 0 bridgehead atoms. The molecule has 150 valence electrons. The first kappa shape index (κ1) is 20.3. The van der Waals surface area contributed by atoms with E-state index in [9.17, 15) is 10.1 Å². The maximum atomic E-state index is 11.3. The number of hydrogen-bond acceptors (Lipinski definition) is 8. The lowest BCUT2D eigenvalue weighted by Gasteiger charge is -2.05. The van der Waals surface area contributed by atoms with Crippen LogP contribution < -0.4 is 14.9 Å². The molecule has 0 aliphatic heterocycles. The van der Waals surface area contributed by atoms with Gasteiger partial charge in [0.1, 0.15) is 5.75 Å². The fourth-order valence-corrected chi connectivity index (χ4v) is 3.16. The lowest BCUT2D eigenvalue weighted by molar-refractivity contribution is -0.385. The number of aromatic nitrogens is 1. The molecule has 29 heavy (non-hydrogen) atoms. The van der Waals surface area contributed by atoms with Gasteiger partial charge in [0.15, 0.2) is 5.75 Å². The second kappa shape index (κ2) is 9.65. The molecule has 1 N–H and O–H groups in total. The number of nitrogens with zero attached hydrogens (tertiary/aromatic N) is 3. The number of nitro benzene ring substituents is 1. The molecule has 0 amide bonds. The van der Waals surface area contributed by atoms with E-state index >= 15 is 0 Å². The van der Waals surface area contributed by atoms with Crippen molar-refractivity contribution < 1.29 is 14.4 Å². The van der Waals surface area contributed by atoms with E-state index in [1.807, 2.05) is 36.6 Å². The number of anilines is 1. The Balaban J connectivity index is 1.69. The SMILES string of the molecule is CCCOc1ccc(/C=N\Nc2nc(-c3cccc(OC)c3)cs2)cc1[N+](=O)[O-]. The Hall–Kier alpha value is -3.46. The Morgan fingerprint density at radius 3 is 2.93 bits per heavy atom. The van der Waals surface area contributed by atoms with Crippen molar-refractivity contribution in [1.29, 1.82) is 0 Å². The fraction of sp³-hybridized carbons (Fsp3) is 0.200. The lowest BCUT2D eigenvalue weighted by atomic mass is 10.2. The van der Waals surface area contributed by atoms with E-state index in [2.05, 4.69) is 15.5 Å². The highest BCUT2D eigenvalue weighted by Crippen LogP contribution is 2.29. The van der Waals surface area contributed by atoms with E-state index in [1.165, 1.54) is 23.6 Å². The van der Waals surface area contributed by atoms with Crippen LogP contribution in [0.15, 0.2) is 52.9 Å². The molecule has 9 heteroatoms. The minimum absolute atomic E-state index is 0.0861. The van der Waals surface area contributed by atoms with Crippen LogP contribution in [0.5, 0.6) is 11.5 Å². The van der Waals surface area contributed by atoms with Crippen molar-refractivity contribution >= 4 is 28.4 Å². The van der Waals surface area contributed by atoms with Crippen LogP contribution >= 0.6 is 11.3 Å². The van der Waals surface area contributed by atoms with Gasteiger partial charge in [-0.3, -0.25) is 15.5 Å². The molecule has 0 saturated carbocycles. The molecule has 8 nitrogen and oxygen atoms in total. The first-order valence-electron chi connectivity index (χ1n) is 8.91. The topological polar surface area (TPSA) is 98.9 Å². The van der Waals surface area contributed by atoms with E-state index in [0.29, 0.717) is 17.3 Å². The van der Waals surface area contributed by atoms with Gasteiger partial charge in [0.2, 0.25) is 5.13 Å². The fourth-order valence-electron chi connectivity index (χ4n) is 2.49. The molecule has 3 rings (SSSR count). The molecule has 0 unspecified atom stereocenters. The summed E-state index contributed by atoms with van der Waals surface area (Å²) in [6.07, 6.45) is 2.28. The molecule has 1 heterocycles. The van der Waals surface area contributed by atoms with Gasteiger partial charge in [-0.25, -0.2) is 4.98 Å². The second-order valence-electron chi connectivity index (χ2n) is 5.97. The van der Waals surface area contributed by atoms with E-state index < -0.39 is 4.92 Å². The molecule has 0 fully saturated rings. The minimum Gasteiger partial charge on any atom is -0.497 e. The van der Waals surface area contributed by atoms with Crippen molar-refractivity contribution in [2.75, 3.05) is 19.1 Å². The van der Waals surface area contributed by atoms with Crippen molar-refractivity contribution in [2.45, 2.75) is 13.3 Å². The Labute approximate surface area is 172 Å². The number of benzene rings is 2. The summed E-state index contributed by atoms with van der Waals surface area (Å²) in [7, 11) is 1.62.